The summed E-state index contributed by atoms with van der Waals surface area (Å²) < 4.78 is 10.5. The van der Waals surface area contributed by atoms with Crippen molar-refractivity contribution in [3.8, 4) is 11.5 Å². The van der Waals surface area contributed by atoms with Gasteiger partial charge in [0.05, 0.1) is 20.1 Å². The highest BCUT2D eigenvalue weighted by atomic mass is 16.5. The van der Waals surface area contributed by atoms with Crippen LogP contribution in [0.3, 0.4) is 0 Å². The molecule has 2 rings (SSSR count). The van der Waals surface area contributed by atoms with Crippen molar-refractivity contribution in [2.75, 3.05) is 40.9 Å². The Bertz CT molecular complexity index is 650. The van der Waals surface area contributed by atoms with Crippen LogP contribution in [-0.4, -0.2) is 68.6 Å². The Morgan fingerprint density at radius 3 is 2.65 bits per heavy atom. The Morgan fingerprint density at radius 1 is 1.35 bits per heavy atom. The minimum Gasteiger partial charge on any atom is -0.493 e. The average Bonchev–Trinajstić information content (AvgIpc) is 3.04. The quantitative estimate of drug-likeness (QED) is 0.742. The molecule has 1 saturated heterocycles. The number of rotatable bonds is 8. The van der Waals surface area contributed by atoms with E-state index in [2.05, 4.69) is 0 Å². The van der Waals surface area contributed by atoms with Crippen LogP contribution in [-0.2, 0) is 16.0 Å². The van der Waals surface area contributed by atoms with Gasteiger partial charge in [-0.2, -0.15) is 0 Å². The molecule has 1 aromatic carbocycles. The lowest BCUT2D eigenvalue weighted by molar-refractivity contribution is -0.136. The van der Waals surface area contributed by atoms with Crippen molar-refractivity contribution in [3.63, 3.8) is 0 Å². The van der Waals surface area contributed by atoms with E-state index in [-0.39, 0.29) is 30.2 Å². The van der Waals surface area contributed by atoms with E-state index < -0.39 is 0 Å². The summed E-state index contributed by atoms with van der Waals surface area (Å²) in [4.78, 5) is 28.2. The Kier molecular flexibility index (Phi) is 6.85. The predicted octanol–water partition coefficient (Wildman–Crippen LogP) is 0.900. The molecule has 1 aliphatic rings. The molecule has 1 aromatic rings. The summed E-state index contributed by atoms with van der Waals surface area (Å²) in [7, 11) is 4.94. The van der Waals surface area contributed by atoms with E-state index in [1.807, 2.05) is 25.1 Å². The standard InChI is InChI=1S/C19H29N3O4/c1-13(11-20)21(2)19(24)15-10-18(23)22(12-15)8-7-14-5-6-16(25-3)17(9-14)26-4/h5-6,9,13,15H,7-8,10-12,20H2,1-4H3. The Balaban J connectivity index is 1.95. The summed E-state index contributed by atoms with van der Waals surface area (Å²) in [5.74, 6) is 1.08. The van der Waals surface area contributed by atoms with Gasteiger partial charge < -0.3 is 25.0 Å². The largest absolute Gasteiger partial charge is 0.493 e. The Morgan fingerprint density at radius 2 is 2.04 bits per heavy atom. The van der Waals surface area contributed by atoms with Crippen LogP contribution in [0.15, 0.2) is 18.2 Å². The summed E-state index contributed by atoms with van der Waals surface area (Å²) >= 11 is 0. The summed E-state index contributed by atoms with van der Waals surface area (Å²) in [6.45, 7) is 3.36. The van der Waals surface area contributed by atoms with Gasteiger partial charge in [-0.15, -0.1) is 0 Å². The van der Waals surface area contributed by atoms with Crippen LogP contribution < -0.4 is 15.2 Å². The molecule has 2 atom stereocenters. The molecule has 0 radical (unpaired) electrons. The fourth-order valence-electron chi connectivity index (χ4n) is 3.12. The number of likely N-dealkylation sites (tertiary alicyclic amines) is 1. The van der Waals surface area contributed by atoms with E-state index >= 15 is 0 Å². The number of amides is 2. The molecule has 0 aromatic heterocycles. The molecule has 1 heterocycles. The maximum absolute atomic E-state index is 12.5. The molecule has 2 N–H and O–H groups in total. The molecule has 0 saturated carbocycles. The molecule has 1 fully saturated rings. The number of hydrogen-bond donors (Lipinski definition) is 1. The molecule has 2 amide bonds. The summed E-state index contributed by atoms with van der Waals surface area (Å²) in [5, 5.41) is 0. The van der Waals surface area contributed by atoms with Crippen LogP contribution in [0.5, 0.6) is 11.5 Å². The number of hydrogen-bond acceptors (Lipinski definition) is 5. The van der Waals surface area contributed by atoms with Gasteiger partial charge in [-0.3, -0.25) is 9.59 Å². The third kappa shape index (κ3) is 4.46. The first-order valence-electron chi connectivity index (χ1n) is 8.86. The first-order valence-corrected chi connectivity index (χ1v) is 8.86. The predicted molar refractivity (Wildman–Crippen MR) is 99.2 cm³/mol. The van der Waals surface area contributed by atoms with Gasteiger partial charge in [-0.25, -0.2) is 0 Å². The molecule has 0 spiro atoms. The number of carbonyl (C=O) groups is 2. The molecule has 0 bridgehead atoms. The zero-order valence-corrected chi connectivity index (χ0v) is 16.0. The van der Waals surface area contributed by atoms with Gasteiger partial charge in [0.1, 0.15) is 0 Å². The normalized spacial score (nSPS) is 18.0. The van der Waals surface area contributed by atoms with E-state index in [4.69, 9.17) is 15.2 Å². The maximum atomic E-state index is 12.5. The number of likely N-dealkylation sites (N-methyl/N-ethyl adjacent to an activating group) is 1. The fraction of sp³-hybridized carbons (Fsp3) is 0.579. The number of ether oxygens (including phenoxy) is 2. The van der Waals surface area contributed by atoms with Crippen LogP contribution in [0.1, 0.15) is 18.9 Å². The second-order valence-corrected chi connectivity index (χ2v) is 6.71. The van der Waals surface area contributed by atoms with Crippen LogP contribution in [0.2, 0.25) is 0 Å². The number of methoxy groups -OCH3 is 2. The highest BCUT2D eigenvalue weighted by Crippen LogP contribution is 2.28. The van der Waals surface area contributed by atoms with Gasteiger partial charge in [0, 0.05) is 39.1 Å². The van der Waals surface area contributed by atoms with Crippen molar-refractivity contribution >= 4 is 11.8 Å². The van der Waals surface area contributed by atoms with Crippen molar-refractivity contribution in [1.29, 1.82) is 0 Å². The number of nitrogens with two attached hydrogens (primary N) is 1. The van der Waals surface area contributed by atoms with E-state index in [1.165, 1.54) is 0 Å². The van der Waals surface area contributed by atoms with Gasteiger partial charge in [0.15, 0.2) is 11.5 Å². The molecule has 144 valence electrons. The summed E-state index contributed by atoms with van der Waals surface area (Å²) in [6, 6.07) is 5.70. The second-order valence-electron chi connectivity index (χ2n) is 6.71. The number of carbonyl (C=O) groups excluding carboxylic acids is 2. The van der Waals surface area contributed by atoms with Crippen LogP contribution in [0, 0.1) is 5.92 Å². The highest BCUT2D eigenvalue weighted by molar-refractivity contribution is 5.89. The van der Waals surface area contributed by atoms with Crippen molar-refractivity contribution < 1.29 is 19.1 Å². The lowest BCUT2D eigenvalue weighted by Crippen LogP contribution is -2.43. The van der Waals surface area contributed by atoms with Crippen molar-refractivity contribution in [3.05, 3.63) is 23.8 Å². The number of nitrogens with zero attached hydrogens (tertiary/aromatic N) is 2. The van der Waals surface area contributed by atoms with Gasteiger partial charge in [0.25, 0.3) is 0 Å². The summed E-state index contributed by atoms with van der Waals surface area (Å²) in [5.41, 5.74) is 6.68. The lowest BCUT2D eigenvalue weighted by Gasteiger charge is -2.26. The van der Waals surface area contributed by atoms with Gasteiger partial charge in [0.2, 0.25) is 11.8 Å². The first kappa shape index (κ1) is 20.0. The SMILES string of the molecule is COc1ccc(CCN2CC(C(=O)N(C)C(C)CN)CC2=O)cc1OC. The molecular formula is C19H29N3O4. The van der Waals surface area contributed by atoms with Gasteiger partial charge in [-0.1, -0.05) is 6.07 Å². The van der Waals surface area contributed by atoms with Crippen LogP contribution >= 0.6 is 0 Å². The molecule has 7 heteroatoms. The Labute approximate surface area is 155 Å². The summed E-state index contributed by atoms with van der Waals surface area (Å²) in [6.07, 6.45) is 0.967. The van der Waals surface area contributed by atoms with E-state index in [0.29, 0.717) is 37.6 Å². The highest BCUT2D eigenvalue weighted by Gasteiger charge is 2.36. The molecule has 7 nitrogen and oxygen atoms in total. The molecule has 1 aliphatic heterocycles. The third-order valence-corrected chi connectivity index (χ3v) is 5.03. The van der Waals surface area contributed by atoms with Crippen molar-refractivity contribution in [1.82, 2.24) is 9.80 Å². The van der Waals surface area contributed by atoms with Gasteiger partial charge >= 0.3 is 0 Å². The average molecular weight is 363 g/mol. The smallest absolute Gasteiger partial charge is 0.228 e. The second kappa shape index (κ2) is 8.89. The fourth-order valence-corrected chi connectivity index (χ4v) is 3.12. The molecule has 2 unspecified atom stereocenters. The van der Waals surface area contributed by atoms with Crippen molar-refractivity contribution in [2.24, 2.45) is 11.7 Å². The minimum absolute atomic E-state index is 0.00934. The van der Waals surface area contributed by atoms with E-state index in [9.17, 15) is 9.59 Å². The third-order valence-electron chi connectivity index (χ3n) is 5.03. The lowest BCUT2D eigenvalue weighted by atomic mass is 10.1. The van der Waals surface area contributed by atoms with Crippen LogP contribution in [0.25, 0.3) is 0 Å². The van der Waals surface area contributed by atoms with Gasteiger partial charge in [-0.05, 0) is 31.0 Å². The van der Waals surface area contributed by atoms with E-state index in [0.717, 1.165) is 5.56 Å². The number of benzene rings is 1. The van der Waals surface area contributed by atoms with Crippen LogP contribution in [0.4, 0.5) is 0 Å². The zero-order valence-electron chi connectivity index (χ0n) is 16.0. The minimum atomic E-state index is -0.285. The molecule has 0 aliphatic carbocycles. The molecular weight excluding hydrogens is 334 g/mol. The zero-order chi connectivity index (χ0) is 19.3. The monoisotopic (exact) mass is 363 g/mol. The maximum Gasteiger partial charge on any atom is 0.228 e. The Hall–Kier alpha value is -2.28. The molecule has 26 heavy (non-hydrogen) atoms. The van der Waals surface area contributed by atoms with E-state index in [1.54, 1.807) is 31.1 Å². The first-order chi connectivity index (χ1) is 12.4. The van der Waals surface area contributed by atoms with Crippen molar-refractivity contribution in [2.45, 2.75) is 25.8 Å². The topological polar surface area (TPSA) is 85.1 Å².